The summed E-state index contributed by atoms with van der Waals surface area (Å²) in [4.78, 5) is 11.6. The number of nitrogens with two attached hydrogens (primary N) is 1. The maximum absolute atomic E-state index is 13.0. The second-order valence-electron chi connectivity index (χ2n) is 5.57. The Morgan fingerprint density at radius 1 is 1.33 bits per heavy atom. The Bertz CT molecular complexity index is 404. The fourth-order valence-electron chi connectivity index (χ4n) is 1.58. The number of carbonyl (C=O) groups is 1. The van der Waals surface area contributed by atoms with Crippen molar-refractivity contribution in [3.63, 3.8) is 0 Å². The van der Waals surface area contributed by atoms with Gasteiger partial charge in [0, 0.05) is 5.69 Å². The van der Waals surface area contributed by atoms with Crippen molar-refractivity contribution >= 4 is 11.7 Å². The summed E-state index contributed by atoms with van der Waals surface area (Å²) in [5.74, 6) is -1.06. The molecule has 0 aliphatic rings. The predicted molar refractivity (Wildman–Crippen MR) is 69.8 cm³/mol. The molecule has 1 rings (SSSR count). The number of anilines is 1. The van der Waals surface area contributed by atoms with Crippen molar-refractivity contribution < 1.29 is 13.9 Å². The molecule has 3 nitrogen and oxygen atoms in total. The molecular weight excluding hydrogens is 233 g/mol. The second-order valence-corrected chi connectivity index (χ2v) is 5.57. The first-order valence-corrected chi connectivity index (χ1v) is 6.01. The minimum Gasteiger partial charge on any atom is -0.462 e. The highest BCUT2D eigenvalue weighted by Crippen LogP contribution is 2.20. The molecule has 0 fully saturated rings. The molecule has 18 heavy (non-hydrogen) atoms. The summed E-state index contributed by atoms with van der Waals surface area (Å²) in [7, 11) is 0. The molecule has 1 aromatic rings. The van der Waals surface area contributed by atoms with Gasteiger partial charge in [0.15, 0.2) is 0 Å². The summed E-state index contributed by atoms with van der Waals surface area (Å²) in [6.07, 6.45) is 1.76. The van der Waals surface area contributed by atoms with E-state index in [1.54, 1.807) is 0 Å². The highest BCUT2D eigenvalue weighted by molar-refractivity contribution is 5.90. The molecule has 0 unspecified atom stereocenters. The Morgan fingerprint density at radius 2 is 2.00 bits per heavy atom. The Hall–Kier alpha value is -1.58. The normalized spacial score (nSPS) is 11.3. The van der Waals surface area contributed by atoms with Crippen molar-refractivity contribution in [1.82, 2.24) is 0 Å². The van der Waals surface area contributed by atoms with Gasteiger partial charge in [-0.25, -0.2) is 9.18 Å². The molecule has 0 aliphatic carbocycles. The molecule has 1 aromatic carbocycles. The lowest BCUT2D eigenvalue weighted by Gasteiger charge is -2.17. The summed E-state index contributed by atoms with van der Waals surface area (Å²) in [5, 5.41) is 0. The second kappa shape index (κ2) is 5.85. The highest BCUT2D eigenvalue weighted by atomic mass is 19.1. The number of rotatable bonds is 4. The van der Waals surface area contributed by atoms with Crippen molar-refractivity contribution in [1.29, 1.82) is 0 Å². The first-order valence-electron chi connectivity index (χ1n) is 6.01. The van der Waals surface area contributed by atoms with Gasteiger partial charge in [-0.15, -0.1) is 0 Å². The number of halogens is 1. The SMILES string of the molecule is CC(C)(C)CCCOC(=O)c1cc(N)cc(F)c1. The monoisotopic (exact) mass is 253 g/mol. The van der Waals surface area contributed by atoms with E-state index in [-0.39, 0.29) is 16.7 Å². The highest BCUT2D eigenvalue weighted by Gasteiger charge is 2.12. The quantitative estimate of drug-likeness (QED) is 0.508. The fourth-order valence-corrected chi connectivity index (χ4v) is 1.58. The average Bonchev–Trinajstić information content (AvgIpc) is 2.21. The van der Waals surface area contributed by atoms with Crippen LogP contribution in [0.2, 0.25) is 0 Å². The maximum atomic E-state index is 13.0. The molecule has 100 valence electrons. The molecule has 0 saturated heterocycles. The molecule has 0 atom stereocenters. The van der Waals surface area contributed by atoms with E-state index in [1.807, 2.05) is 0 Å². The van der Waals surface area contributed by atoms with Gasteiger partial charge in [0.2, 0.25) is 0 Å². The molecule has 0 radical (unpaired) electrons. The maximum Gasteiger partial charge on any atom is 0.338 e. The van der Waals surface area contributed by atoms with E-state index >= 15 is 0 Å². The van der Waals surface area contributed by atoms with Gasteiger partial charge in [0.05, 0.1) is 12.2 Å². The number of ether oxygens (including phenoxy) is 1. The van der Waals surface area contributed by atoms with E-state index < -0.39 is 11.8 Å². The summed E-state index contributed by atoms with van der Waals surface area (Å²) < 4.78 is 18.1. The standard InChI is InChI=1S/C14H20FNO2/c1-14(2,3)5-4-6-18-13(17)10-7-11(15)9-12(16)8-10/h7-9H,4-6,16H2,1-3H3. The van der Waals surface area contributed by atoms with E-state index in [1.165, 1.54) is 6.07 Å². The van der Waals surface area contributed by atoms with Gasteiger partial charge in [-0.2, -0.15) is 0 Å². The van der Waals surface area contributed by atoms with Crippen molar-refractivity contribution in [2.75, 3.05) is 12.3 Å². The van der Waals surface area contributed by atoms with E-state index in [0.29, 0.717) is 6.61 Å². The number of carbonyl (C=O) groups excluding carboxylic acids is 1. The van der Waals surface area contributed by atoms with Gasteiger partial charge in [-0.1, -0.05) is 20.8 Å². The lowest BCUT2D eigenvalue weighted by atomic mass is 9.91. The molecule has 2 N–H and O–H groups in total. The first kappa shape index (κ1) is 14.5. The van der Waals surface area contributed by atoms with Crippen molar-refractivity contribution in [3.05, 3.63) is 29.6 Å². The van der Waals surface area contributed by atoms with E-state index in [2.05, 4.69) is 20.8 Å². The minimum absolute atomic E-state index is 0.156. The first-order chi connectivity index (χ1) is 8.28. The Labute approximate surface area is 107 Å². The van der Waals surface area contributed by atoms with E-state index in [9.17, 15) is 9.18 Å². The molecule has 4 heteroatoms. The van der Waals surface area contributed by atoms with Gasteiger partial charge >= 0.3 is 5.97 Å². The van der Waals surface area contributed by atoms with Crippen LogP contribution in [-0.4, -0.2) is 12.6 Å². The summed E-state index contributed by atoms with van der Waals surface area (Å²) in [6, 6.07) is 3.70. The lowest BCUT2D eigenvalue weighted by molar-refractivity contribution is 0.0487. The van der Waals surface area contributed by atoms with Crippen LogP contribution in [0.15, 0.2) is 18.2 Å². The van der Waals surface area contributed by atoms with Gasteiger partial charge in [-0.3, -0.25) is 0 Å². The van der Waals surface area contributed by atoms with Crippen LogP contribution >= 0.6 is 0 Å². The van der Waals surface area contributed by atoms with Crippen LogP contribution in [-0.2, 0) is 4.74 Å². The van der Waals surface area contributed by atoms with Crippen LogP contribution in [0.4, 0.5) is 10.1 Å². The number of esters is 1. The molecular formula is C14H20FNO2. The largest absolute Gasteiger partial charge is 0.462 e. The van der Waals surface area contributed by atoms with E-state index in [4.69, 9.17) is 10.5 Å². The third-order valence-corrected chi connectivity index (χ3v) is 2.46. The van der Waals surface area contributed by atoms with Crippen LogP contribution in [0, 0.1) is 11.2 Å². The minimum atomic E-state index is -0.532. The summed E-state index contributed by atoms with van der Waals surface area (Å²) in [6.45, 7) is 6.72. The van der Waals surface area contributed by atoms with E-state index in [0.717, 1.165) is 25.0 Å². The van der Waals surface area contributed by atoms with Crippen LogP contribution in [0.3, 0.4) is 0 Å². The zero-order chi connectivity index (χ0) is 13.8. The van der Waals surface area contributed by atoms with Gasteiger partial charge in [0.1, 0.15) is 5.82 Å². The van der Waals surface area contributed by atoms with Crippen molar-refractivity contribution in [2.45, 2.75) is 33.6 Å². The van der Waals surface area contributed by atoms with Gasteiger partial charge in [0.25, 0.3) is 0 Å². The third-order valence-electron chi connectivity index (χ3n) is 2.46. The van der Waals surface area contributed by atoms with Gasteiger partial charge < -0.3 is 10.5 Å². The number of hydrogen-bond acceptors (Lipinski definition) is 3. The number of nitrogen functional groups attached to an aromatic ring is 1. The molecule has 0 aromatic heterocycles. The Morgan fingerprint density at radius 3 is 2.56 bits per heavy atom. The molecule has 0 heterocycles. The zero-order valence-corrected chi connectivity index (χ0v) is 11.1. The topological polar surface area (TPSA) is 52.3 Å². The fraction of sp³-hybridized carbons (Fsp3) is 0.500. The van der Waals surface area contributed by atoms with Crippen LogP contribution in [0.5, 0.6) is 0 Å². The van der Waals surface area contributed by atoms with Crippen molar-refractivity contribution in [2.24, 2.45) is 5.41 Å². The predicted octanol–water partition coefficient (Wildman–Crippen LogP) is 3.39. The van der Waals surface area contributed by atoms with Crippen LogP contribution in [0.25, 0.3) is 0 Å². The molecule has 0 bridgehead atoms. The summed E-state index contributed by atoms with van der Waals surface area (Å²) >= 11 is 0. The van der Waals surface area contributed by atoms with Crippen LogP contribution < -0.4 is 5.73 Å². The molecule has 0 saturated carbocycles. The van der Waals surface area contributed by atoms with Crippen molar-refractivity contribution in [3.8, 4) is 0 Å². The zero-order valence-electron chi connectivity index (χ0n) is 11.1. The van der Waals surface area contributed by atoms with Crippen LogP contribution in [0.1, 0.15) is 44.0 Å². The molecule has 0 spiro atoms. The molecule has 0 amide bonds. The lowest BCUT2D eigenvalue weighted by Crippen LogP contribution is -2.10. The summed E-state index contributed by atoms with van der Waals surface area (Å²) in [5.41, 5.74) is 6.05. The van der Waals surface area contributed by atoms with Gasteiger partial charge in [-0.05, 0) is 36.5 Å². The Kier molecular flexibility index (Phi) is 4.70. The third kappa shape index (κ3) is 5.17. The molecule has 0 aliphatic heterocycles. The number of benzene rings is 1. The Balaban J connectivity index is 2.46. The smallest absolute Gasteiger partial charge is 0.338 e. The number of hydrogen-bond donors (Lipinski definition) is 1. The average molecular weight is 253 g/mol.